The molecule has 0 aliphatic rings. The summed E-state index contributed by atoms with van der Waals surface area (Å²) in [6, 6.07) is 6.90. The van der Waals surface area contributed by atoms with Crippen LogP contribution in [0.4, 0.5) is 10.5 Å². The van der Waals surface area contributed by atoms with Crippen molar-refractivity contribution in [1.82, 2.24) is 0 Å². The summed E-state index contributed by atoms with van der Waals surface area (Å²) in [4.78, 5) is 12.2. The number of carbonyl (C=O) groups is 1. The van der Waals surface area contributed by atoms with E-state index in [1.165, 1.54) is 12.0 Å². The normalized spacial score (nSPS) is 9.88. The van der Waals surface area contributed by atoms with Gasteiger partial charge in [0.1, 0.15) is 5.75 Å². The van der Waals surface area contributed by atoms with Gasteiger partial charge in [-0.1, -0.05) is 6.07 Å². The van der Waals surface area contributed by atoms with E-state index in [1.807, 2.05) is 0 Å². The van der Waals surface area contributed by atoms with Gasteiger partial charge in [0.25, 0.3) is 0 Å². The number of nitrogens with zero attached hydrogens (tertiary/aromatic N) is 1. The summed E-state index contributed by atoms with van der Waals surface area (Å²) in [5, 5.41) is 9.05. The van der Waals surface area contributed by atoms with E-state index in [2.05, 4.69) is 0 Å². The van der Waals surface area contributed by atoms with Gasteiger partial charge in [-0.25, -0.2) is 4.79 Å². The van der Waals surface area contributed by atoms with Crippen molar-refractivity contribution in [2.75, 3.05) is 32.3 Å². The highest BCUT2D eigenvalue weighted by Gasteiger charge is 2.14. The highest BCUT2D eigenvalue weighted by atomic mass is 16.5. The molecule has 16 heavy (non-hydrogen) atoms. The van der Waals surface area contributed by atoms with Crippen LogP contribution in [0.2, 0.25) is 0 Å². The summed E-state index contributed by atoms with van der Waals surface area (Å²) in [5.74, 6) is 0.626. The highest BCUT2D eigenvalue weighted by molar-refractivity contribution is 5.86. The molecule has 0 aliphatic carbocycles. The predicted molar refractivity (Wildman–Crippen MR) is 60.2 cm³/mol. The molecule has 0 bridgehead atoms. The van der Waals surface area contributed by atoms with Gasteiger partial charge in [-0.2, -0.15) is 0 Å². The molecular formula is C11H15NO4. The van der Waals surface area contributed by atoms with E-state index in [4.69, 9.17) is 14.6 Å². The molecule has 0 saturated carbocycles. The SMILES string of the molecule is COCCN(C(=O)O)c1cccc(OC)c1. The summed E-state index contributed by atoms with van der Waals surface area (Å²) >= 11 is 0. The number of rotatable bonds is 5. The molecule has 1 aromatic rings. The summed E-state index contributed by atoms with van der Waals surface area (Å²) in [6.45, 7) is 0.641. The van der Waals surface area contributed by atoms with Gasteiger partial charge in [-0.05, 0) is 12.1 Å². The fraction of sp³-hybridized carbons (Fsp3) is 0.364. The first-order valence-electron chi connectivity index (χ1n) is 4.82. The van der Waals surface area contributed by atoms with E-state index < -0.39 is 6.09 Å². The lowest BCUT2D eigenvalue weighted by molar-refractivity contribution is 0.186. The van der Waals surface area contributed by atoms with Gasteiger partial charge in [0.05, 0.1) is 25.9 Å². The molecule has 0 heterocycles. The molecule has 0 saturated heterocycles. The van der Waals surface area contributed by atoms with Crippen molar-refractivity contribution in [3.05, 3.63) is 24.3 Å². The van der Waals surface area contributed by atoms with Gasteiger partial charge < -0.3 is 14.6 Å². The maximum Gasteiger partial charge on any atom is 0.411 e. The van der Waals surface area contributed by atoms with Gasteiger partial charge in [-0.3, -0.25) is 4.90 Å². The molecular weight excluding hydrogens is 210 g/mol. The quantitative estimate of drug-likeness (QED) is 0.830. The minimum Gasteiger partial charge on any atom is -0.497 e. The second-order valence-corrected chi connectivity index (χ2v) is 3.13. The van der Waals surface area contributed by atoms with Crippen molar-refractivity contribution in [2.24, 2.45) is 0 Å². The Bertz CT molecular complexity index is 354. The van der Waals surface area contributed by atoms with Crippen molar-refractivity contribution >= 4 is 11.8 Å². The van der Waals surface area contributed by atoms with Crippen LogP contribution in [0.15, 0.2) is 24.3 Å². The molecule has 1 N–H and O–H groups in total. The molecule has 5 nitrogen and oxygen atoms in total. The zero-order valence-corrected chi connectivity index (χ0v) is 9.34. The molecule has 0 aliphatic heterocycles. The molecule has 1 amide bonds. The third kappa shape index (κ3) is 3.13. The Morgan fingerprint density at radius 3 is 2.75 bits per heavy atom. The number of benzene rings is 1. The van der Waals surface area contributed by atoms with Crippen LogP contribution in [0.3, 0.4) is 0 Å². The van der Waals surface area contributed by atoms with Crippen LogP contribution in [0, 0.1) is 0 Å². The Labute approximate surface area is 94.2 Å². The molecule has 0 radical (unpaired) electrons. The summed E-state index contributed by atoms with van der Waals surface area (Å²) in [5.41, 5.74) is 0.573. The number of anilines is 1. The Hall–Kier alpha value is -1.75. The number of methoxy groups -OCH3 is 2. The number of carboxylic acid groups (broad SMARTS) is 1. The first kappa shape index (κ1) is 12.3. The minimum absolute atomic E-state index is 0.291. The lowest BCUT2D eigenvalue weighted by atomic mass is 10.3. The van der Waals surface area contributed by atoms with Crippen molar-refractivity contribution in [1.29, 1.82) is 0 Å². The predicted octanol–water partition coefficient (Wildman–Crippen LogP) is 1.83. The third-order valence-corrected chi connectivity index (χ3v) is 2.11. The zero-order valence-electron chi connectivity index (χ0n) is 9.34. The number of hydrogen-bond acceptors (Lipinski definition) is 3. The monoisotopic (exact) mass is 225 g/mol. The van der Waals surface area contributed by atoms with Crippen LogP contribution in [-0.2, 0) is 4.74 Å². The van der Waals surface area contributed by atoms with E-state index in [9.17, 15) is 4.79 Å². The average molecular weight is 225 g/mol. The summed E-state index contributed by atoms with van der Waals surface area (Å²) in [6.07, 6.45) is -1.01. The minimum atomic E-state index is -1.01. The fourth-order valence-corrected chi connectivity index (χ4v) is 1.30. The van der Waals surface area contributed by atoms with E-state index >= 15 is 0 Å². The largest absolute Gasteiger partial charge is 0.497 e. The van der Waals surface area contributed by atoms with Crippen molar-refractivity contribution in [2.45, 2.75) is 0 Å². The van der Waals surface area contributed by atoms with Crippen molar-refractivity contribution in [3.8, 4) is 5.75 Å². The first-order chi connectivity index (χ1) is 7.69. The van der Waals surface area contributed by atoms with Gasteiger partial charge in [0.15, 0.2) is 0 Å². The second-order valence-electron chi connectivity index (χ2n) is 3.13. The Kier molecular flexibility index (Phi) is 4.60. The van der Waals surface area contributed by atoms with Crippen LogP contribution >= 0.6 is 0 Å². The van der Waals surface area contributed by atoms with Gasteiger partial charge in [0, 0.05) is 13.2 Å². The van der Waals surface area contributed by atoms with Crippen molar-refractivity contribution in [3.63, 3.8) is 0 Å². The zero-order chi connectivity index (χ0) is 12.0. The highest BCUT2D eigenvalue weighted by Crippen LogP contribution is 2.20. The summed E-state index contributed by atoms with van der Waals surface area (Å²) < 4.78 is 9.90. The molecule has 1 rings (SSSR count). The number of amides is 1. The molecule has 0 unspecified atom stereocenters. The Morgan fingerprint density at radius 1 is 1.44 bits per heavy atom. The van der Waals surface area contributed by atoms with Crippen LogP contribution in [0.5, 0.6) is 5.75 Å². The summed E-state index contributed by atoms with van der Waals surface area (Å²) in [7, 11) is 3.07. The maximum absolute atomic E-state index is 11.0. The standard InChI is InChI=1S/C11H15NO4/c1-15-7-6-12(11(13)14)9-4-3-5-10(8-9)16-2/h3-5,8H,6-7H2,1-2H3,(H,13,14). The van der Waals surface area contributed by atoms with Gasteiger partial charge in [-0.15, -0.1) is 0 Å². The number of ether oxygens (including phenoxy) is 2. The Balaban J connectivity index is 2.87. The molecule has 0 aromatic heterocycles. The van der Waals surface area contributed by atoms with Crippen molar-refractivity contribution < 1.29 is 19.4 Å². The van der Waals surface area contributed by atoms with E-state index in [1.54, 1.807) is 31.4 Å². The third-order valence-electron chi connectivity index (χ3n) is 2.11. The molecule has 1 aromatic carbocycles. The average Bonchev–Trinajstić information content (AvgIpc) is 2.29. The number of hydrogen-bond donors (Lipinski definition) is 1. The maximum atomic E-state index is 11.0. The van der Waals surface area contributed by atoms with E-state index in [0.29, 0.717) is 24.6 Å². The van der Waals surface area contributed by atoms with Crippen LogP contribution < -0.4 is 9.64 Å². The fourth-order valence-electron chi connectivity index (χ4n) is 1.30. The molecule has 88 valence electrons. The van der Waals surface area contributed by atoms with Crippen LogP contribution in [0.25, 0.3) is 0 Å². The topological polar surface area (TPSA) is 59.0 Å². The molecule has 0 atom stereocenters. The molecule has 0 spiro atoms. The van der Waals surface area contributed by atoms with Crippen LogP contribution in [-0.4, -0.2) is 38.6 Å². The van der Waals surface area contributed by atoms with Gasteiger partial charge >= 0.3 is 6.09 Å². The Morgan fingerprint density at radius 2 is 2.19 bits per heavy atom. The molecule has 5 heteroatoms. The van der Waals surface area contributed by atoms with Gasteiger partial charge in [0.2, 0.25) is 0 Å². The second kappa shape index (κ2) is 5.97. The van der Waals surface area contributed by atoms with E-state index in [0.717, 1.165) is 0 Å². The first-order valence-corrected chi connectivity index (χ1v) is 4.82. The van der Waals surface area contributed by atoms with Crippen LogP contribution in [0.1, 0.15) is 0 Å². The molecule has 0 fully saturated rings. The lowest BCUT2D eigenvalue weighted by Crippen LogP contribution is -2.32. The lowest BCUT2D eigenvalue weighted by Gasteiger charge is -2.19. The smallest absolute Gasteiger partial charge is 0.411 e. The van der Waals surface area contributed by atoms with E-state index in [-0.39, 0.29) is 0 Å².